The number of nitrogens with zero attached hydrogens (tertiary/aromatic N) is 4. The maximum absolute atomic E-state index is 13.1. The van der Waals surface area contributed by atoms with Gasteiger partial charge in [-0.05, 0) is 13.0 Å². The van der Waals surface area contributed by atoms with Gasteiger partial charge in [0.15, 0.2) is 5.82 Å². The number of para-hydroxylation sites is 1. The standard InChI is InChI=1S/C21H15N5O3S/c1-11-6-8-12(9-7-11)18-23-21-26(24-18)20(29)17(30-21)16-13-4-2-3-5-14(13)25(19(16)28)10-15(22)27/h2-9H,10H2,1H3,(H2,22,27). The summed E-state index contributed by atoms with van der Waals surface area (Å²) in [7, 11) is 0. The lowest BCUT2D eigenvalue weighted by molar-refractivity contribution is -0.119. The van der Waals surface area contributed by atoms with Gasteiger partial charge < -0.3 is 5.73 Å². The van der Waals surface area contributed by atoms with Gasteiger partial charge >= 0.3 is 0 Å². The van der Waals surface area contributed by atoms with Crippen molar-refractivity contribution >= 4 is 39.4 Å². The lowest BCUT2D eigenvalue weighted by atomic mass is 10.1. The molecule has 2 aromatic heterocycles. The lowest BCUT2D eigenvalue weighted by Gasteiger charge is -2.14. The van der Waals surface area contributed by atoms with Gasteiger partial charge in [-0.3, -0.25) is 19.3 Å². The Hall–Kier alpha value is -3.85. The summed E-state index contributed by atoms with van der Waals surface area (Å²) in [6.07, 6.45) is 0. The summed E-state index contributed by atoms with van der Waals surface area (Å²) in [6.45, 7) is 1.73. The number of carbonyl (C=O) groups excluding carboxylic acids is 2. The summed E-state index contributed by atoms with van der Waals surface area (Å²) in [4.78, 5) is 43.8. The van der Waals surface area contributed by atoms with Gasteiger partial charge in [-0.2, -0.15) is 9.50 Å². The Morgan fingerprint density at radius 1 is 1.10 bits per heavy atom. The zero-order valence-corrected chi connectivity index (χ0v) is 16.6. The van der Waals surface area contributed by atoms with Crippen LogP contribution in [0.25, 0.3) is 21.9 Å². The van der Waals surface area contributed by atoms with Gasteiger partial charge in [0.05, 0.1) is 11.3 Å². The maximum Gasteiger partial charge on any atom is 0.291 e. The second kappa shape index (κ2) is 6.60. The van der Waals surface area contributed by atoms with Crippen LogP contribution in [-0.2, 0) is 9.59 Å². The molecular formula is C21H15N5O3S. The zero-order chi connectivity index (χ0) is 21.0. The van der Waals surface area contributed by atoms with Gasteiger partial charge in [0.1, 0.15) is 11.1 Å². The molecule has 30 heavy (non-hydrogen) atoms. The second-order valence-corrected chi connectivity index (χ2v) is 7.96. The summed E-state index contributed by atoms with van der Waals surface area (Å²) in [5, 5.41) is 4.34. The van der Waals surface area contributed by atoms with Crippen LogP contribution >= 0.6 is 11.3 Å². The van der Waals surface area contributed by atoms with E-state index in [2.05, 4.69) is 10.1 Å². The quantitative estimate of drug-likeness (QED) is 0.532. The Morgan fingerprint density at radius 3 is 2.53 bits per heavy atom. The molecule has 0 unspecified atom stereocenters. The van der Waals surface area contributed by atoms with Crippen molar-refractivity contribution < 1.29 is 9.59 Å². The molecule has 0 atom stereocenters. The van der Waals surface area contributed by atoms with Crippen LogP contribution in [0.1, 0.15) is 11.1 Å². The van der Waals surface area contributed by atoms with E-state index in [1.165, 1.54) is 9.42 Å². The van der Waals surface area contributed by atoms with Crippen molar-refractivity contribution in [2.24, 2.45) is 5.73 Å². The van der Waals surface area contributed by atoms with E-state index in [1.54, 1.807) is 24.3 Å². The predicted octanol–water partition coefficient (Wildman–Crippen LogP) is 0.876. The van der Waals surface area contributed by atoms with E-state index in [0.717, 1.165) is 22.5 Å². The number of primary amides is 1. The Kier molecular flexibility index (Phi) is 4.00. The van der Waals surface area contributed by atoms with Crippen LogP contribution in [0.4, 0.5) is 5.69 Å². The maximum atomic E-state index is 13.1. The topological polar surface area (TPSA) is 111 Å². The summed E-state index contributed by atoms with van der Waals surface area (Å²) in [6, 6.07) is 14.7. The van der Waals surface area contributed by atoms with Gasteiger partial charge in [0, 0.05) is 11.1 Å². The highest BCUT2D eigenvalue weighted by Gasteiger charge is 2.35. The molecule has 2 aromatic carbocycles. The molecular weight excluding hydrogens is 402 g/mol. The Morgan fingerprint density at radius 2 is 1.83 bits per heavy atom. The fourth-order valence-corrected chi connectivity index (χ4v) is 4.52. The molecule has 0 spiro atoms. The molecule has 9 heteroatoms. The molecule has 5 rings (SSSR count). The number of nitrogens with two attached hydrogens (primary N) is 1. The normalized spacial score (nSPS) is 15.1. The molecule has 0 radical (unpaired) electrons. The molecule has 0 saturated carbocycles. The van der Waals surface area contributed by atoms with Crippen molar-refractivity contribution in [2.75, 3.05) is 11.4 Å². The van der Waals surface area contributed by atoms with Crippen LogP contribution in [0.3, 0.4) is 0 Å². The molecule has 0 fully saturated rings. The number of amides is 2. The summed E-state index contributed by atoms with van der Waals surface area (Å²) < 4.78 is 1.46. The van der Waals surface area contributed by atoms with E-state index in [1.807, 2.05) is 31.2 Å². The van der Waals surface area contributed by atoms with Gasteiger partial charge in [-0.15, -0.1) is 5.10 Å². The lowest BCUT2D eigenvalue weighted by Crippen LogP contribution is -2.37. The fraction of sp³-hybridized carbons (Fsp3) is 0.0952. The number of aryl methyl sites for hydroxylation is 1. The Bertz CT molecular complexity index is 1450. The number of aromatic nitrogens is 3. The first kappa shape index (κ1) is 18.2. The molecule has 1 aliphatic heterocycles. The van der Waals surface area contributed by atoms with Gasteiger partial charge in [-0.25, -0.2) is 0 Å². The monoisotopic (exact) mass is 417 g/mol. The molecule has 8 nitrogen and oxygen atoms in total. The molecule has 2 N–H and O–H groups in total. The highest BCUT2D eigenvalue weighted by atomic mass is 32.1. The number of hydrogen-bond acceptors (Lipinski definition) is 6. The van der Waals surface area contributed by atoms with E-state index >= 15 is 0 Å². The van der Waals surface area contributed by atoms with Crippen molar-refractivity contribution in [1.82, 2.24) is 14.6 Å². The van der Waals surface area contributed by atoms with E-state index < -0.39 is 17.4 Å². The van der Waals surface area contributed by atoms with Gasteiger partial charge in [0.25, 0.3) is 11.5 Å². The minimum atomic E-state index is -0.632. The molecule has 3 heterocycles. The van der Waals surface area contributed by atoms with Gasteiger partial charge in [-0.1, -0.05) is 59.4 Å². The first-order valence-corrected chi connectivity index (χ1v) is 9.96. The van der Waals surface area contributed by atoms with Crippen molar-refractivity contribution in [3.63, 3.8) is 0 Å². The molecule has 2 amide bonds. The molecule has 0 aliphatic carbocycles. The third-order valence-corrected chi connectivity index (χ3v) is 5.96. The van der Waals surface area contributed by atoms with Crippen LogP contribution < -0.4 is 20.7 Å². The van der Waals surface area contributed by atoms with Crippen molar-refractivity contribution in [2.45, 2.75) is 6.92 Å². The molecule has 1 aliphatic rings. The van der Waals surface area contributed by atoms with Crippen molar-refractivity contribution in [1.29, 1.82) is 0 Å². The predicted molar refractivity (Wildman–Crippen MR) is 113 cm³/mol. The largest absolute Gasteiger partial charge is 0.368 e. The zero-order valence-electron chi connectivity index (χ0n) is 15.8. The fourth-order valence-electron chi connectivity index (χ4n) is 3.52. The number of rotatable bonds is 3. The first-order chi connectivity index (χ1) is 14.4. The van der Waals surface area contributed by atoms with Crippen LogP contribution in [0.5, 0.6) is 0 Å². The van der Waals surface area contributed by atoms with E-state index in [4.69, 9.17) is 5.73 Å². The van der Waals surface area contributed by atoms with E-state index in [9.17, 15) is 14.4 Å². The highest BCUT2D eigenvalue weighted by molar-refractivity contribution is 7.15. The minimum absolute atomic E-state index is 0.241. The summed E-state index contributed by atoms with van der Waals surface area (Å²) >= 11 is 1.10. The SMILES string of the molecule is Cc1ccc(-c2nc3sc(=C4C(=O)N(CC(N)=O)c5ccccc54)c(=O)n3n2)cc1. The first-order valence-electron chi connectivity index (χ1n) is 9.14. The highest BCUT2D eigenvalue weighted by Crippen LogP contribution is 2.34. The summed E-state index contributed by atoms with van der Waals surface area (Å²) in [5.74, 6) is -0.620. The number of carbonyl (C=O) groups is 2. The average molecular weight is 417 g/mol. The number of hydrogen-bond donors (Lipinski definition) is 1. The number of fused-ring (bicyclic) bond motifs is 2. The molecule has 4 aromatic rings. The van der Waals surface area contributed by atoms with Crippen molar-refractivity contribution in [3.05, 3.63) is 74.5 Å². The second-order valence-electron chi connectivity index (χ2n) is 6.98. The van der Waals surface area contributed by atoms with E-state index in [0.29, 0.717) is 22.0 Å². The molecule has 148 valence electrons. The third-order valence-electron chi connectivity index (χ3n) is 4.93. The van der Waals surface area contributed by atoms with Crippen molar-refractivity contribution in [3.8, 4) is 11.4 Å². The Labute approximate surface area is 173 Å². The Balaban J connectivity index is 1.70. The smallest absolute Gasteiger partial charge is 0.291 e. The minimum Gasteiger partial charge on any atom is -0.368 e. The number of thiazole rings is 1. The van der Waals surface area contributed by atoms with E-state index in [-0.39, 0.29) is 16.7 Å². The van der Waals surface area contributed by atoms with Crippen LogP contribution in [0.2, 0.25) is 0 Å². The summed E-state index contributed by atoms with van der Waals surface area (Å²) in [5.41, 5.74) is 8.19. The van der Waals surface area contributed by atoms with Crippen LogP contribution in [0.15, 0.2) is 53.3 Å². The third kappa shape index (κ3) is 2.71. The van der Waals surface area contributed by atoms with Crippen LogP contribution in [0, 0.1) is 6.92 Å². The average Bonchev–Trinajstić information content (AvgIpc) is 3.35. The number of anilines is 1. The number of benzene rings is 2. The van der Waals surface area contributed by atoms with Crippen LogP contribution in [-0.4, -0.2) is 33.0 Å². The van der Waals surface area contributed by atoms with Gasteiger partial charge in [0.2, 0.25) is 10.9 Å². The molecule has 0 saturated heterocycles. The molecule has 0 bridgehead atoms.